The van der Waals surface area contributed by atoms with Gasteiger partial charge in [0, 0.05) is 12.1 Å². The van der Waals surface area contributed by atoms with Crippen LogP contribution in [0.1, 0.15) is 29.6 Å². The molecule has 0 aliphatic rings. The largest absolute Gasteiger partial charge is 0.352 e. The molecule has 0 saturated heterocycles. The maximum Gasteiger partial charge on any atom is 0.251 e. The van der Waals surface area contributed by atoms with Gasteiger partial charge in [-0.05, 0) is 57.6 Å². The van der Waals surface area contributed by atoms with E-state index in [2.05, 4.69) is 47.8 Å². The molecule has 125 valence electrons. The number of carbonyl (C=O) groups excluding carboxylic acids is 1. The Bertz CT molecular complexity index is 1020. The van der Waals surface area contributed by atoms with E-state index in [0.29, 0.717) is 13.0 Å². The van der Waals surface area contributed by atoms with Gasteiger partial charge < -0.3 is 5.32 Å². The summed E-state index contributed by atoms with van der Waals surface area (Å²) in [6.45, 7) is 0.573. The van der Waals surface area contributed by atoms with Gasteiger partial charge in [0.15, 0.2) is 0 Å². The lowest BCUT2D eigenvalue weighted by molar-refractivity contribution is 0.0954. The summed E-state index contributed by atoms with van der Waals surface area (Å²) in [4.78, 5) is 12.7. The normalized spacial score (nSPS) is 11.6. The third kappa shape index (κ3) is 2.81. The molecule has 0 heterocycles. The third-order valence-electron chi connectivity index (χ3n) is 4.88. The summed E-state index contributed by atoms with van der Waals surface area (Å²) in [6, 6.07) is 18.6. The van der Waals surface area contributed by atoms with Gasteiger partial charge in [-0.1, -0.05) is 48.5 Å². The second kappa shape index (κ2) is 6.69. The summed E-state index contributed by atoms with van der Waals surface area (Å²) in [6.07, 6.45) is 2.39. The second-order valence-corrected chi connectivity index (χ2v) is 6.49. The summed E-state index contributed by atoms with van der Waals surface area (Å²) in [5, 5.41) is 20.4. The van der Waals surface area contributed by atoms with Gasteiger partial charge in [0.1, 0.15) is 0 Å². The minimum absolute atomic E-state index is 0.0387. The van der Waals surface area contributed by atoms with Gasteiger partial charge in [-0.15, -0.1) is 0 Å². The molecular formula is C22H20NO2. The van der Waals surface area contributed by atoms with Crippen LogP contribution in [0.25, 0.3) is 32.3 Å². The van der Waals surface area contributed by atoms with E-state index in [9.17, 15) is 9.90 Å². The molecule has 25 heavy (non-hydrogen) atoms. The van der Waals surface area contributed by atoms with Gasteiger partial charge >= 0.3 is 0 Å². The standard InChI is InChI=1S/C22H20NO2/c24-14-3-1-2-13-23-22(25)19-12-10-17-8-7-15-5-4-6-16-9-11-18(19)21(17)20(15)16/h4-12H,1-3,13-14H2,(H,23,25). The van der Waals surface area contributed by atoms with E-state index in [1.807, 2.05) is 12.1 Å². The Balaban J connectivity index is 1.73. The van der Waals surface area contributed by atoms with E-state index in [4.69, 9.17) is 0 Å². The van der Waals surface area contributed by atoms with Crippen LogP contribution in [-0.4, -0.2) is 19.1 Å². The Morgan fingerprint density at radius 2 is 1.44 bits per heavy atom. The molecular weight excluding hydrogens is 310 g/mol. The Morgan fingerprint density at radius 1 is 0.760 bits per heavy atom. The molecule has 1 N–H and O–H groups in total. The molecule has 1 amide bonds. The van der Waals surface area contributed by atoms with Crippen LogP contribution in [0.5, 0.6) is 0 Å². The third-order valence-corrected chi connectivity index (χ3v) is 4.88. The molecule has 0 atom stereocenters. The van der Waals surface area contributed by atoms with Crippen molar-refractivity contribution >= 4 is 38.2 Å². The SMILES string of the molecule is [O]CCCCCNC(=O)c1ccc2ccc3cccc4ccc1c2c34. The van der Waals surface area contributed by atoms with Crippen molar-refractivity contribution in [2.24, 2.45) is 0 Å². The molecule has 4 aromatic carbocycles. The van der Waals surface area contributed by atoms with E-state index in [1.165, 1.54) is 16.2 Å². The zero-order valence-corrected chi connectivity index (χ0v) is 14.0. The number of nitrogens with one attached hydrogen (secondary N) is 1. The van der Waals surface area contributed by atoms with Crippen molar-refractivity contribution in [1.82, 2.24) is 5.32 Å². The zero-order valence-electron chi connectivity index (χ0n) is 14.0. The highest BCUT2D eigenvalue weighted by Crippen LogP contribution is 2.35. The average Bonchev–Trinajstić information content (AvgIpc) is 2.65. The first-order valence-electron chi connectivity index (χ1n) is 8.82. The predicted molar refractivity (Wildman–Crippen MR) is 102 cm³/mol. The fraction of sp³-hybridized carbons (Fsp3) is 0.227. The van der Waals surface area contributed by atoms with Gasteiger partial charge in [-0.25, -0.2) is 5.11 Å². The number of hydrogen-bond donors (Lipinski definition) is 1. The Morgan fingerprint density at radius 3 is 2.20 bits per heavy atom. The van der Waals surface area contributed by atoms with E-state index < -0.39 is 0 Å². The number of hydrogen-bond acceptors (Lipinski definition) is 1. The van der Waals surface area contributed by atoms with E-state index in [0.717, 1.165) is 34.6 Å². The number of carbonyl (C=O) groups is 1. The molecule has 4 rings (SSSR count). The van der Waals surface area contributed by atoms with Crippen molar-refractivity contribution in [1.29, 1.82) is 0 Å². The molecule has 0 fully saturated rings. The molecule has 0 unspecified atom stereocenters. The molecule has 1 radical (unpaired) electrons. The van der Waals surface area contributed by atoms with Crippen LogP contribution < -0.4 is 5.32 Å². The van der Waals surface area contributed by atoms with Crippen molar-refractivity contribution in [3.05, 3.63) is 60.2 Å². The summed E-state index contributed by atoms with van der Waals surface area (Å²) in [7, 11) is 0. The number of benzene rings is 4. The number of unbranched alkanes of at least 4 members (excludes halogenated alkanes) is 2. The molecule has 0 aliphatic heterocycles. The average molecular weight is 330 g/mol. The van der Waals surface area contributed by atoms with Crippen molar-refractivity contribution in [2.45, 2.75) is 19.3 Å². The van der Waals surface area contributed by atoms with Crippen LogP contribution in [0.2, 0.25) is 0 Å². The van der Waals surface area contributed by atoms with Gasteiger partial charge in [0.25, 0.3) is 5.91 Å². The topological polar surface area (TPSA) is 49.0 Å². The molecule has 0 spiro atoms. The highest BCUT2D eigenvalue weighted by molar-refractivity contribution is 6.26. The lowest BCUT2D eigenvalue weighted by atomic mass is 9.92. The van der Waals surface area contributed by atoms with Gasteiger partial charge in [-0.3, -0.25) is 4.79 Å². The predicted octanol–water partition coefficient (Wildman–Crippen LogP) is 4.91. The summed E-state index contributed by atoms with van der Waals surface area (Å²) in [5.41, 5.74) is 0.717. The molecule has 0 aromatic heterocycles. The van der Waals surface area contributed by atoms with Crippen LogP contribution in [0.4, 0.5) is 0 Å². The maximum absolute atomic E-state index is 12.7. The van der Waals surface area contributed by atoms with E-state index in [1.54, 1.807) is 0 Å². The molecule has 3 nitrogen and oxygen atoms in total. The highest BCUT2D eigenvalue weighted by atomic mass is 16.2. The fourth-order valence-corrected chi connectivity index (χ4v) is 3.63. The van der Waals surface area contributed by atoms with Crippen molar-refractivity contribution in [3.8, 4) is 0 Å². The Hall–Kier alpha value is -2.65. The summed E-state index contributed by atoms with van der Waals surface area (Å²) in [5.74, 6) is -0.0416. The molecule has 0 bridgehead atoms. The van der Waals surface area contributed by atoms with Crippen LogP contribution in [0.3, 0.4) is 0 Å². The van der Waals surface area contributed by atoms with E-state index in [-0.39, 0.29) is 12.5 Å². The Kier molecular flexibility index (Phi) is 4.24. The first-order valence-corrected chi connectivity index (χ1v) is 8.82. The molecule has 4 aromatic rings. The van der Waals surface area contributed by atoms with Gasteiger partial charge in [-0.2, -0.15) is 0 Å². The van der Waals surface area contributed by atoms with Gasteiger partial charge in [0.2, 0.25) is 0 Å². The quantitative estimate of drug-likeness (QED) is 0.396. The minimum Gasteiger partial charge on any atom is -0.352 e. The monoisotopic (exact) mass is 330 g/mol. The second-order valence-electron chi connectivity index (χ2n) is 6.49. The molecule has 0 aliphatic carbocycles. The highest BCUT2D eigenvalue weighted by Gasteiger charge is 2.14. The minimum atomic E-state index is -0.0416. The molecule has 0 saturated carbocycles. The number of amides is 1. The zero-order chi connectivity index (χ0) is 17.2. The van der Waals surface area contributed by atoms with Crippen molar-refractivity contribution in [3.63, 3.8) is 0 Å². The Labute approximate surface area is 146 Å². The van der Waals surface area contributed by atoms with Crippen molar-refractivity contribution < 1.29 is 9.90 Å². The fourth-order valence-electron chi connectivity index (χ4n) is 3.63. The van der Waals surface area contributed by atoms with Crippen molar-refractivity contribution in [2.75, 3.05) is 13.2 Å². The van der Waals surface area contributed by atoms with Crippen LogP contribution in [-0.2, 0) is 5.11 Å². The van der Waals surface area contributed by atoms with Crippen LogP contribution in [0.15, 0.2) is 54.6 Å². The lowest BCUT2D eigenvalue weighted by Gasteiger charge is -2.13. The smallest absolute Gasteiger partial charge is 0.251 e. The summed E-state index contributed by atoms with van der Waals surface area (Å²) < 4.78 is 0. The van der Waals surface area contributed by atoms with Crippen LogP contribution in [0, 0.1) is 0 Å². The maximum atomic E-state index is 12.7. The molecule has 3 heteroatoms. The first-order chi connectivity index (χ1) is 12.3. The van der Waals surface area contributed by atoms with E-state index >= 15 is 0 Å². The summed E-state index contributed by atoms with van der Waals surface area (Å²) >= 11 is 0. The number of rotatable bonds is 6. The van der Waals surface area contributed by atoms with Crippen LogP contribution >= 0.6 is 0 Å². The first kappa shape index (κ1) is 15.9. The van der Waals surface area contributed by atoms with Gasteiger partial charge in [0.05, 0.1) is 6.61 Å². The lowest BCUT2D eigenvalue weighted by Crippen LogP contribution is -2.24.